The van der Waals surface area contributed by atoms with Crippen molar-refractivity contribution in [3.63, 3.8) is 0 Å². The van der Waals surface area contributed by atoms with E-state index in [4.69, 9.17) is 15.9 Å². The molecular weight excluding hydrogens is 258 g/mol. The first-order valence-corrected chi connectivity index (χ1v) is 6.63. The maximum atomic E-state index is 9.93. The van der Waals surface area contributed by atoms with Gasteiger partial charge in [-0.15, -0.1) is 0 Å². The Morgan fingerprint density at radius 3 is 1.75 bits per heavy atom. The largest absolute Gasteiger partial charge is 0.507 e. The van der Waals surface area contributed by atoms with Gasteiger partial charge in [0.1, 0.15) is 11.8 Å². The molecule has 0 spiro atoms. The molecule has 0 aromatic heterocycles. The van der Waals surface area contributed by atoms with Gasteiger partial charge < -0.3 is 21.1 Å². The second kappa shape index (κ2) is 8.55. The highest BCUT2D eigenvalue weighted by Crippen LogP contribution is 2.32. The maximum Gasteiger partial charge on any atom is 0.322 e. The standard InChI is InChI=1S/C12H18O.C3H7NO3/c1-8(2)10-6-5-7-11(9(3)4)12(10)13;4-2(1-5)3(6)7/h5-9,13H,1-4H3;2,5H,1,4H2,(H,6,7). The number of phenolic OH excluding ortho intramolecular Hbond substituents is 1. The lowest BCUT2D eigenvalue weighted by Gasteiger charge is -2.14. The normalized spacial score (nSPS) is 12.0. The van der Waals surface area contributed by atoms with Crippen LogP contribution in [0.1, 0.15) is 50.7 Å². The van der Waals surface area contributed by atoms with Crippen molar-refractivity contribution in [3.8, 4) is 5.75 Å². The molecule has 20 heavy (non-hydrogen) atoms. The molecule has 0 bridgehead atoms. The van der Waals surface area contributed by atoms with E-state index >= 15 is 0 Å². The molecule has 0 aliphatic rings. The fourth-order valence-corrected chi connectivity index (χ4v) is 1.59. The number of aromatic hydroxyl groups is 1. The SMILES string of the molecule is CC(C)c1cccc(C(C)C)c1O.NC(CO)C(=O)O. The Bertz CT molecular complexity index is 404. The lowest BCUT2D eigenvalue weighted by atomic mass is 9.94. The number of aliphatic hydroxyl groups excluding tert-OH is 1. The Morgan fingerprint density at radius 2 is 1.55 bits per heavy atom. The minimum absolute atomic E-state index is 0.388. The molecule has 5 N–H and O–H groups in total. The smallest absolute Gasteiger partial charge is 0.322 e. The molecule has 1 aromatic carbocycles. The van der Waals surface area contributed by atoms with Crippen molar-refractivity contribution in [2.24, 2.45) is 5.73 Å². The topological polar surface area (TPSA) is 104 Å². The molecule has 0 fully saturated rings. The number of hydrogen-bond acceptors (Lipinski definition) is 4. The number of aliphatic hydroxyl groups is 1. The number of carboxylic acid groups (broad SMARTS) is 1. The van der Waals surface area contributed by atoms with Gasteiger partial charge in [0.2, 0.25) is 0 Å². The number of benzene rings is 1. The quantitative estimate of drug-likeness (QED) is 0.677. The summed E-state index contributed by atoms with van der Waals surface area (Å²) in [7, 11) is 0. The van der Waals surface area contributed by atoms with Gasteiger partial charge in [0.15, 0.2) is 0 Å². The summed E-state index contributed by atoms with van der Waals surface area (Å²) in [5, 5.41) is 25.8. The lowest BCUT2D eigenvalue weighted by molar-refractivity contribution is -0.139. The number of carbonyl (C=O) groups is 1. The third-order valence-electron chi connectivity index (χ3n) is 2.86. The average molecular weight is 283 g/mol. The number of nitrogens with two attached hydrogens (primary N) is 1. The predicted molar refractivity (Wildman–Crippen MR) is 79.0 cm³/mol. The molecule has 5 nitrogen and oxygen atoms in total. The van der Waals surface area contributed by atoms with Crippen LogP contribution < -0.4 is 5.73 Å². The highest BCUT2D eigenvalue weighted by atomic mass is 16.4. The van der Waals surface area contributed by atoms with Gasteiger partial charge in [0.05, 0.1) is 6.61 Å². The summed E-state index contributed by atoms with van der Waals surface area (Å²) in [4.78, 5) is 9.65. The molecule has 0 saturated heterocycles. The zero-order chi connectivity index (χ0) is 15.9. The third kappa shape index (κ3) is 5.59. The first kappa shape index (κ1) is 18.4. The summed E-state index contributed by atoms with van der Waals surface area (Å²) >= 11 is 0. The van der Waals surface area contributed by atoms with Gasteiger partial charge in [0.25, 0.3) is 0 Å². The molecule has 1 atom stereocenters. The van der Waals surface area contributed by atoms with Crippen molar-refractivity contribution in [1.29, 1.82) is 0 Å². The summed E-state index contributed by atoms with van der Waals surface area (Å²) < 4.78 is 0. The Kier molecular flexibility index (Phi) is 7.87. The zero-order valence-corrected chi connectivity index (χ0v) is 12.5. The number of para-hydroxylation sites is 1. The van der Waals surface area contributed by atoms with Gasteiger partial charge in [0, 0.05) is 0 Å². The molecule has 1 unspecified atom stereocenters. The molecule has 5 heteroatoms. The number of carboxylic acids is 1. The molecule has 0 radical (unpaired) electrons. The first-order chi connectivity index (χ1) is 9.22. The predicted octanol–water partition coefficient (Wildman–Crippen LogP) is 2.03. The number of phenols is 1. The summed E-state index contributed by atoms with van der Waals surface area (Å²) in [5.74, 6) is 0.0763. The Morgan fingerprint density at radius 1 is 1.15 bits per heavy atom. The van der Waals surface area contributed by atoms with E-state index in [9.17, 15) is 9.90 Å². The molecule has 0 amide bonds. The lowest BCUT2D eigenvalue weighted by Crippen LogP contribution is -2.33. The van der Waals surface area contributed by atoms with Crippen LogP contribution in [0.4, 0.5) is 0 Å². The Hall–Kier alpha value is -1.59. The van der Waals surface area contributed by atoms with Crippen molar-refractivity contribution in [1.82, 2.24) is 0 Å². The number of hydrogen-bond donors (Lipinski definition) is 4. The third-order valence-corrected chi connectivity index (χ3v) is 2.86. The minimum atomic E-state index is -1.18. The zero-order valence-electron chi connectivity index (χ0n) is 12.5. The number of aliphatic carboxylic acids is 1. The van der Waals surface area contributed by atoms with Gasteiger partial charge in [-0.05, 0) is 23.0 Å². The van der Waals surface area contributed by atoms with Crippen molar-refractivity contribution in [2.75, 3.05) is 6.61 Å². The Labute approximate surface area is 120 Å². The van der Waals surface area contributed by atoms with Crippen molar-refractivity contribution in [3.05, 3.63) is 29.3 Å². The molecule has 1 rings (SSSR count). The molecular formula is C15H25NO4. The van der Waals surface area contributed by atoms with E-state index in [1.807, 2.05) is 18.2 Å². The van der Waals surface area contributed by atoms with Crippen LogP contribution in [0.3, 0.4) is 0 Å². The first-order valence-electron chi connectivity index (χ1n) is 6.63. The van der Waals surface area contributed by atoms with Crippen LogP contribution in [0.25, 0.3) is 0 Å². The van der Waals surface area contributed by atoms with Crippen LogP contribution in [0.2, 0.25) is 0 Å². The summed E-state index contributed by atoms with van der Waals surface area (Å²) in [6, 6.07) is 4.88. The molecule has 0 saturated carbocycles. The van der Waals surface area contributed by atoms with E-state index in [0.717, 1.165) is 11.1 Å². The van der Waals surface area contributed by atoms with Crippen LogP contribution in [0, 0.1) is 0 Å². The molecule has 0 aliphatic carbocycles. The van der Waals surface area contributed by atoms with Crippen LogP contribution >= 0.6 is 0 Å². The van der Waals surface area contributed by atoms with Crippen LogP contribution in [-0.2, 0) is 4.79 Å². The van der Waals surface area contributed by atoms with Gasteiger partial charge in [-0.1, -0.05) is 45.9 Å². The van der Waals surface area contributed by atoms with Gasteiger partial charge >= 0.3 is 5.97 Å². The fraction of sp³-hybridized carbons (Fsp3) is 0.533. The van der Waals surface area contributed by atoms with E-state index in [2.05, 4.69) is 27.7 Å². The van der Waals surface area contributed by atoms with E-state index in [-0.39, 0.29) is 0 Å². The minimum Gasteiger partial charge on any atom is -0.507 e. The van der Waals surface area contributed by atoms with Crippen molar-refractivity contribution >= 4 is 5.97 Å². The highest BCUT2D eigenvalue weighted by molar-refractivity contribution is 5.73. The fourth-order valence-electron chi connectivity index (χ4n) is 1.59. The monoisotopic (exact) mass is 283 g/mol. The summed E-state index contributed by atoms with van der Waals surface area (Å²) in [5.41, 5.74) is 6.86. The van der Waals surface area contributed by atoms with Crippen LogP contribution in [-0.4, -0.2) is 33.9 Å². The second-order valence-corrected chi connectivity index (χ2v) is 5.22. The highest BCUT2D eigenvalue weighted by Gasteiger charge is 2.11. The molecule has 0 aliphatic heterocycles. The number of rotatable bonds is 4. The average Bonchev–Trinajstić information content (AvgIpc) is 2.37. The molecule has 0 heterocycles. The van der Waals surface area contributed by atoms with Gasteiger partial charge in [-0.3, -0.25) is 4.79 Å². The van der Waals surface area contributed by atoms with Crippen LogP contribution in [0.5, 0.6) is 5.75 Å². The van der Waals surface area contributed by atoms with Crippen molar-refractivity contribution in [2.45, 2.75) is 45.6 Å². The maximum absolute atomic E-state index is 9.93. The second-order valence-electron chi connectivity index (χ2n) is 5.22. The molecule has 1 aromatic rings. The van der Waals surface area contributed by atoms with E-state index in [0.29, 0.717) is 17.6 Å². The van der Waals surface area contributed by atoms with Crippen molar-refractivity contribution < 1.29 is 20.1 Å². The summed E-state index contributed by atoms with van der Waals surface area (Å²) in [6.45, 7) is 7.88. The van der Waals surface area contributed by atoms with E-state index in [1.165, 1.54) is 0 Å². The Balaban J connectivity index is 0.000000441. The van der Waals surface area contributed by atoms with Crippen LogP contribution in [0.15, 0.2) is 18.2 Å². The van der Waals surface area contributed by atoms with E-state index < -0.39 is 18.6 Å². The molecule has 114 valence electrons. The van der Waals surface area contributed by atoms with Gasteiger partial charge in [-0.2, -0.15) is 0 Å². The van der Waals surface area contributed by atoms with E-state index in [1.54, 1.807) is 0 Å². The summed E-state index contributed by atoms with van der Waals surface area (Å²) in [6.07, 6.45) is 0. The van der Waals surface area contributed by atoms with Gasteiger partial charge in [-0.25, -0.2) is 0 Å².